The SMILES string of the molecule is Cc1nn(C)cc1-c1nn(-c2ncccn2)cc1C(=O)O. The molecule has 8 heteroatoms. The van der Waals surface area contributed by atoms with Crippen molar-refractivity contribution in [1.82, 2.24) is 29.5 Å². The second-order valence-corrected chi connectivity index (χ2v) is 4.49. The normalized spacial score (nSPS) is 10.8. The maximum Gasteiger partial charge on any atom is 0.339 e. The van der Waals surface area contributed by atoms with Crippen LogP contribution in [0.2, 0.25) is 0 Å². The molecule has 21 heavy (non-hydrogen) atoms. The Morgan fingerprint density at radius 1 is 1.19 bits per heavy atom. The van der Waals surface area contributed by atoms with E-state index in [1.807, 2.05) is 0 Å². The molecule has 0 unspecified atom stereocenters. The van der Waals surface area contributed by atoms with Crippen LogP contribution in [0.1, 0.15) is 16.1 Å². The molecule has 3 heterocycles. The summed E-state index contributed by atoms with van der Waals surface area (Å²) in [5, 5.41) is 17.9. The summed E-state index contributed by atoms with van der Waals surface area (Å²) >= 11 is 0. The smallest absolute Gasteiger partial charge is 0.339 e. The van der Waals surface area contributed by atoms with Crippen molar-refractivity contribution >= 4 is 5.97 Å². The minimum Gasteiger partial charge on any atom is -0.478 e. The second kappa shape index (κ2) is 4.82. The van der Waals surface area contributed by atoms with Crippen molar-refractivity contribution in [2.24, 2.45) is 7.05 Å². The van der Waals surface area contributed by atoms with Crippen molar-refractivity contribution in [2.75, 3.05) is 0 Å². The first-order valence-electron chi connectivity index (χ1n) is 6.17. The van der Waals surface area contributed by atoms with Crippen LogP contribution in [-0.2, 0) is 7.05 Å². The third kappa shape index (κ3) is 2.27. The molecule has 0 saturated carbocycles. The highest BCUT2D eigenvalue weighted by Gasteiger charge is 2.21. The molecule has 106 valence electrons. The van der Waals surface area contributed by atoms with Crippen LogP contribution >= 0.6 is 0 Å². The fraction of sp³-hybridized carbons (Fsp3) is 0.154. The Kier molecular flexibility index (Phi) is 2.98. The topological polar surface area (TPSA) is 98.7 Å². The molecule has 0 atom stereocenters. The third-order valence-corrected chi connectivity index (χ3v) is 2.97. The summed E-state index contributed by atoms with van der Waals surface area (Å²) in [4.78, 5) is 19.6. The molecule has 0 radical (unpaired) electrons. The van der Waals surface area contributed by atoms with Gasteiger partial charge >= 0.3 is 5.97 Å². The number of rotatable bonds is 3. The summed E-state index contributed by atoms with van der Waals surface area (Å²) in [5.41, 5.74) is 1.81. The highest BCUT2D eigenvalue weighted by molar-refractivity contribution is 5.94. The molecular weight excluding hydrogens is 272 g/mol. The van der Waals surface area contributed by atoms with E-state index in [4.69, 9.17) is 0 Å². The molecule has 3 rings (SSSR count). The summed E-state index contributed by atoms with van der Waals surface area (Å²) < 4.78 is 2.97. The summed E-state index contributed by atoms with van der Waals surface area (Å²) in [6.07, 6.45) is 6.28. The number of hydrogen-bond donors (Lipinski definition) is 1. The van der Waals surface area contributed by atoms with E-state index >= 15 is 0 Å². The van der Waals surface area contributed by atoms with E-state index in [0.29, 0.717) is 22.9 Å². The minimum absolute atomic E-state index is 0.0820. The summed E-state index contributed by atoms with van der Waals surface area (Å²) in [5.74, 6) is -0.747. The first-order valence-corrected chi connectivity index (χ1v) is 6.17. The molecule has 0 bridgehead atoms. The number of nitrogens with zero attached hydrogens (tertiary/aromatic N) is 6. The predicted octanol–water partition coefficient (Wildman–Crippen LogP) is 1.07. The van der Waals surface area contributed by atoms with Gasteiger partial charge in [0.25, 0.3) is 0 Å². The molecule has 0 spiro atoms. The van der Waals surface area contributed by atoms with Gasteiger partial charge in [-0.2, -0.15) is 10.2 Å². The fourth-order valence-electron chi connectivity index (χ4n) is 2.07. The Labute approximate surface area is 119 Å². The van der Waals surface area contributed by atoms with Gasteiger partial charge in [0.15, 0.2) is 0 Å². The van der Waals surface area contributed by atoms with Crippen LogP contribution in [0, 0.1) is 6.92 Å². The van der Waals surface area contributed by atoms with E-state index in [0.717, 1.165) is 0 Å². The Morgan fingerprint density at radius 2 is 1.90 bits per heavy atom. The van der Waals surface area contributed by atoms with Crippen LogP contribution in [0.4, 0.5) is 0 Å². The molecule has 0 aliphatic heterocycles. The lowest BCUT2D eigenvalue weighted by Crippen LogP contribution is -2.00. The highest BCUT2D eigenvalue weighted by atomic mass is 16.4. The molecular formula is C13H12N6O2. The summed E-state index contributed by atoms with van der Waals surface area (Å²) in [7, 11) is 1.77. The average molecular weight is 284 g/mol. The van der Waals surface area contributed by atoms with Crippen LogP contribution < -0.4 is 0 Å². The van der Waals surface area contributed by atoms with Crippen LogP contribution in [0.5, 0.6) is 0 Å². The zero-order valence-electron chi connectivity index (χ0n) is 11.4. The van der Waals surface area contributed by atoms with Gasteiger partial charge in [0, 0.05) is 37.4 Å². The van der Waals surface area contributed by atoms with Gasteiger partial charge in [-0.05, 0) is 13.0 Å². The number of hydrogen-bond acceptors (Lipinski definition) is 5. The van der Waals surface area contributed by atoms with E-state index in [1.165, 1.54) is 10.9 Å². The van der Waals surface area contributed by atoms with Crippen molar-refractivity contribution in [3.8, 4) is 17.2 Å². The molecule has 1 N–H and O–H groups in total. The average Bonchev–Trinajstić information content (AvgIpc) is 3.03. The van der Waals surface area contributed by atoms with E-state index in [1.54, 1.807) is 43.3 Å². The molecule has 0 aromatic carbocycles. The number of carbonyl (C=O) groups is 1. The van der Waals surface area contributed by atoms with Gasteiger partial charge in [-0.1, -0.05) is 0 Å². The van der Waals surface area contributed by atoms with Crippen molar-refractivity contribution in [3.05, 3.63) is 42.1 Å². The number of aryl methyl sites for hydroxylation is 2. The van der Waals surface area contributed by atoms with Gasteiger partial charge in [-0.25, -0.2) is 19.4 Å². The van der Waals surface area contributed by atoms with Gasteiger partial charge in [0.05, 0.1) is 5.69 Å². The van der Waals surface area contributed by atoms with E-state index < -0.39 is 5.97 Å². The first-order chi connectivity index (χ1) is 10.1. The lowest BCUT2D eigenvalue weighted by Gasteiger charge is -1.97. The first kappa shape index (κ1) is 13.0. The monoisotopic (exact) mass is 284 g/mol. The van der Waals surface area contributed by atoms with Gasteiger partial charge in [0.1, 0.15) is 11.3 Å². The molecule has 8 nitrogen and oxygen atoms in total. The summed E-state index contributed by atoms with van der Waals surface area (Å²) in [6, 6.07) is 1.68. The van der Waals surface area contributed by atoms with Gasteiger partial charge in [0.2, 0.25) is 5.95 Å². The number of aromatic carboxylic acids is 1. The zero-order valence-corrected chi connectivity index (χ0v) is 11.4. The largest absolute Gasteiger partial charge is 0.478 e. The number of aromatic nitrogens is 6. The lowest BCUT2D eigenvalue weighted by molar-refractivity contribution is 0.0697. The van der Waals surface area contributed by atoms with Gasteiger partial charge in [-0.3, -0.25) is 4.68 Å². The van der Waals surface area contributed by atoms with Crippen molar-refractivity contribution in [1.29, 1.82) is 0 Å². The fourth-order valence-corrected chi connectivity index (χ4v) is 2.07. The second-order valence-electron chi connectivity index (χ2n) is 4.49. The Hall–Kier alpha value is -3.03. The standard InChI is InChI=1S/C13H12N6O2/c1-8-9(6-18(2)16-8)11-10(12(20)21)7-19(17-11)13-14-4-3-5-15-13/h3-7H,1-2H3,(H,20,21). The maximum atomic E-state index is 11.4. The Morgan fingerprint density at radius 3 is 2.48 bits per heavy atom. The molecule has 0 fully saturated rings. The van der Waals surface area contributed by atoms with E-state index in [9.17, 15) is 9.90 Å². The summed E-state index contributed by atoms with van der Waals surface area (Å²) in [6.45, 7) is 1.80. The third-order valence-electron chi connectivity index (χ3n) is 2.97. The number of carboxylic acid groups (broad SMARTS) is 1. The predicted molar refractivity (Wildman–Crippen MR) is 73.1 cm³/mol. The van der Waals surface area contributed by atoms with Gasteiger partial charge in [-0.15, -0.1) is 0 Å². The van der Waals surface area contributed by atoms with Crippen molar-refractivity contribution in [3.63, 3.8) is 0 Å². The maximum absolute atomic E-state index is 11.4. The Balaban J connectivity index is 2.18. The van der Waals surface area contributed by atoms with Crippen LogP contribution in [0.15, 0.2) is 30.9 Å². The number of carboxylic acids is 1. The molecule has 3 aromatic rings. The molecule has 0 aliphatic carbocycles. The molecule has 3 aromatic heterocycles. The minimum atomic E-state index is -1.06. The van der Waals surface area contributed by atoms with Crippen molar-refractivity contribution in [2.45, 2.75) is 6.92 Å². The van der Waals surface area contributed by atoms with E-state index in [2.05, 4.69) is 20.2 Å². The quantitative estimate of drug-likeness (QED) is 0.772. The lowest BCUT2D eigenvalue weighted by atomic mass is 10.1. The van der Waals surface area contributed by atoms with Gasteiger partial charge < -0.3 is 5.11 Å². The van der Waals surface area contributed by atoms with Crippen LogP contribution in [-0.4, -0.2) is 40.6 Å². The van der Waals surface area contributed by atoms with Crippen molar-refractivity contribution < 1.29 is 9.90 Å². The molecule has 0 aliphatic rings. The van der Waals surface area contributed by atoms with E-state index in [-0.39, 0.29) is 5.56 Å². The molecule has 0 amide bonds. The Bertz CT molecular complexity index is 805. The highest BCUT2D eigenvalue weighted by Crippen LogP contribution is 2.25. The van der Waals surface area contributed by atoms with Crippen LogP contribution in [0.3, 0.4) is 0 Å². The van der Waals surface area contributed by atoms with Crippen LogP contribution in [0.25, 0.3) is 17.2 Å². The zero-order chi connectivity index (χ0) is 15.0. The molecule has 0 saturated heterocycles.